The second kappa shape index (κ2) is 6.28. The predicted octanol–water partition coefficient (Wildman–Crippen LogP) is 5.88. The van der Waals surface area contributed by atoms with Gasteiger partial charge in [0.2, 0.25) is 0 Å². The molecule has 0 amide bonds. The molecule has 25 heavy (non-hydrogen) atoms. The molecule has 2 nitrogen and oxygen atoms in total. The molecule has 1 N–H and O–H groups in total. The molecule has 0 bridgehead atoms. The molecule has 0 radical (unpaired) electrons. The highest BCUT2D eigenvalue weighted by atomic mass is 16.4. The van der Waals surface area contributed by atoms with Crippen LogP contribution in [0.5, 0.6) is 0 Å². The van der Waals surface area contributed by atoms with Crippen LogP contribution in [-0.2, 0) is 4.79 Å². The molecular weight excluding hydrogens is 308 g/mol. The largest absolute Gasteiger partial charge is 0.481 e. The van der Waals surface area contributed by atoms with Crippen LogP contribution in [0.3, 0.4) is 0 Å². The van der Waals surface area contributed by atoms with E-state index in [4.69, 9.17) is 0 Å². The van der Waals surface area contributed by atoms with Crippen molar-refractivity contribution in [2.75, 3.05) is 0 Å². The zero-order chi connectivity index (χ0) is 17.0. The maximum absolute atomic E-state index is 11.5. The Labute approximate surface area is 151 Å². The van der Waals surface area contributed by atoms with E-state index in [1.165, 1.54) is 64.2 Å². The van der Waals surface area contributed by atoms with E-state index in [0.29, 0.717) is 5.92 Å². The van der Waals surface area contributed by atoms with Crippen molar-refractivity contribution in [2.24, 2.45) is 29.6 Å². The summed E-state index contributed by atoms with van der Waals surface area (Å²) in [5.41, 5.74) is 7.05. The monoisotopic (exact) mass is 340 g/mol. The summed E-state index contributed by atoms with van der Waals surface area (Å²) in [7, 11) is 0. The summed E-state index contributed by atoms with van der Waals surface area (Å²) < 4.78 is 0. The van der Waals surface area contributed by atoms with Crippen LogP contribution in [-0.4, -0.2) is 11.1 Å². The molecule has 5 atom stereocenters. The minimum Gasteiger partial charge on any atom is -0.481 e. The molecule has 2 fully saturated rings. The van der Waals surface area contributed by atoms with Crippen molar-refractivity contribution in [3.8, 4) is 0 Å². The van der Waals surface area contributed by atoms with Gasteiger partial charge >= 0.3 is 5.97 Å². The summed E-state index contributed by atoms with van der Waals surface area (Å²) in [6.07, 6.45) is 16.7. The first-order valence-electron chi connectivity index (χ1n) is 10.9. The van der Waals surface area contributed by atoms with E-state index in [1.807, 2.05) is 11.1 Å². The molecule has 136 valence electrons. The molecule has 0 saturated heterocycles. The van der Waals surface area contributed by atoms with Crippen LogP contribution in [0.2, 0.25) is 0 Å². The zero-order valence-corrected chi connectivity index (χ0v) is 15.4. The van der Waals surface area contributed by atoms with E-state index >= 15 is 0 Å². The van der Waals surface area contributed by atoms with Crippen molar-refractivity contribution in [3.63, 3.8) is 0 Å². The SMILES string of the molecule is O=C(O)C1CCC2CCC3C(=C2C1)CCC1=C3CCC2CCCCC12. The van der Waals surface area contributed by atoms with Crippen molar-refractivity contribution in [2.45, 2.75) is 83.5 Å². The number of aliphatic carboxylic acids is 1. The third kappa shape index (κ3) is 2.62. The second-order valence-corrected chi connectivity index (χ2v) is 9.43. The quantitative estimate of drug-likeness (QED) is 0.605. The van der Waals surface area contributed by atoms with Crippen LogP contribution in [0.15, 0.2) is 22.3 Å². The van der Waals surface area contributed by atoms with E-state index in [1.54, 1.807) is 11.1 Å². The van der Waals surface area contributed by atoms with Crippen LogP contribution in [0.25, 0.3) is 0 Å². The fourth-order valence-electron chi connectivity index (χ4n) is 7.28. The van der Waals surface area contributed by atoms with Crippen molar-refractivity contribution < 1.29 is 9.90 Å². The first-order chi connectivity index (χ1) is 12.2. The minimum atomic E-state index is -0.563. The minimum absolute atomic E-state index is 0.109. The number of carbonyl (C=O) groups is 1. The summed E-state index contributed by atoms with van der Waals surface area (Å²) in [5, 5.41) is 9.51. The summed E-state index contributed by atoms with van der Waals surface area (Å²) in [6.45, 7) is 0. The van der Waals surface area contributed by atoms with Crippen LogP contribution in [0.1, 0.15) is 83.5 Å². The predicted molar refractivity (Wildman–Crippen MR) is 99.2 cm³/mol. The lowest BCUT2D eigenvalue weighted by Gasteiger charge is -2.47. The first-order valence-corrected chi connectivity index (χ1v) is 10.9. The lowest BCUT2D eigenvalue weighted by atomic mass is 9.58. The molecule has 5 aliphatic carbocycles. The molecule has 0 aliphatic heterocycles. The van der Waals surface area contributed by atoms with E-state index in [2.05, 4.69) is 0 Å². The summed E-state index contributed by atoms with van der Waals surface area (Å²) in [4.78, 5) is 11.5. The Morgan fingerprint density at radius 2 is 1.52 bits per heavy atom. The lowest BCUT2D eigenvalue weighted by Crippen LogP contribution is -2.35. The Morgan fingerprint density at radius 1 is 0.760 bits per heavy atom. The highest BCUT2D eigenvalue weighted by molar-refractivity contribution is 5.70. The van der Waals surface area contributed by atoms with Gasteiger partial charge in [-0.15, -0.1) is 0 Å². The average molecular weight is 341 g/mol. The molecule has 2 saturated carbocycles. The van der Waals surface area contributed by atoms with Gasteiger partial charge in [-0.25, -0.2) is 0 Å². The number of hydrogen-bond acceptors (Lipinski definition) is 1. The Bertz CT molecular complexity index is 640. The Morgan fingerprint density at radius 3 is 2.40 bits per heavy atom. The van der Waals surface area contributed by atoms with Crippen LogP contribution >= 0.6 is 0 Å². The lowest BCUT2D eigenvalue weighted by molar-refractivity contribution is -0.142. The number of fused-ring (bicyclic) bond motifs is 5. The van der Waals surface area contributed by atoms with Gasteiger partial charge < -0.3 is 5.11 Å². The van der Waals surface area contributed by atoms with Gasteiger partial charge in [-0.2, -0.15) is 0 Å². The van der Waals surface area contributed by atoms with Gasteiger partial charge in [-0.3, -0.25) is 4.79 Å². The summed E-state index contributed by atoms with van der Waals surface area (Å²) >= 11 is 0. The standard InChI is InChI=1S/C23H32O2/c24-23(25)16-6-5-15-8-10-20-19-9-7-14-3-1-2-4-17(14)18(19)11-12-21(20)22(15)13-16/h14-17,20H,1-13H2,(H,24,25). The number of carboxylic acid groups (broad SMARTS) is 1. The Balaban J connectivity index is 1.48. The molecule has 0 spiro atoms. The van der Waals surface area contributed by atoms with E-state index < -0.39 is 5.97 Å². The van der Waals surface area contributed by atoms with Crippen molar-refractivity contribution in [3.05, 3.63) is 22.3 Å². The maximum atomic E-state index is 11.5. The van der Waals surface area contributed by atoms with Crippen molar-refractivity contribution >= 4 is 5.97 Å². The van der Waals surface area contributed by atoms with Crippen molar-refractivity contribution in [1.82, 2.24) is 0 Å². The van der Waals surface area contributed by atoms with Crippen molar-refractivity contribution in [1.29, 1.82) is 0 Å². The number of rotatable bonds is 1. The fraction of sp³-hybridized carbons (Fsp3) is 0.783. The Hall–Kier alpha value is -1.05. The van der Waals surface area contributed by atoms with Gasteiger partial charge in [0, 0.05) is 5.92 Å². The third-order valence-electron chi connectivity index (χ3n) is 8.45. The van der Waals surface area contributed by atoms with Gasteiger partial charge in [-0.05, 0) is 88.4 Å². The van der Waals surface area contributed by atoms with Gasteiger partial charge in [0.15, 0.2) is 0 Å². The van der Waals surface area contributed by atoms with Crippen LogP contribution < -0.4 is 0 Å². The van der Waals surface area contributed by atoms with E-state index in [9.17, 15) is 9.90 Å². The highest BCUT2D eigenvalue weighted by Gasteiger charge is 2.42. The van der Waals surface area contributed by atoms with Crippen LogP contribution in [0, 0.1) is 29.6 Å². The first kappa shape index (κ1) is 16.1. The average Bonchev–Trinajstić information content (AvgIpc) is 2.66. The smallest absolute Gasteiger partial charge is 0.306 e. The van der Waals surface area contributed by atoms with Gasteiger partial charge in [0.1, 0.15) is 0 Å². The molecule has 0 aromatic rings. The van der Waals surface area contributed by atoms with E-state index in [-0.39, 0.29) is 5.92 Å². The molecule has 0 aromatic carbocycles. The molecule has 0 heterocycles. The number of allylic oxidation sites excluding steroid dienone is 4. The zero-order valence-electron chi connectivity index (χ0n) is 15.4. The molecule has 2 heteroatoms. The van der Waals surface area contributed by atoms with Gasteiger partial charge in [-0.1, -0.05) is 35.1 Å². The second-order valence-electron chi connectivity index (χ2n) is 9.43. The number of carboxylic acids is 1. The van der Waals surface area contributed by atoms with Gasteiger partial charge in [0.25, 0.3) is 0 Å². The Kier molecular flexibility index (Phi) is 4.06. The van der Waals surface area contributed by atoms with E-state index in [0.717, 1.165) is 37.0 Å². The highest BCUT2D eigenvalue weighted by Crippen LogP contribution is 2.56. The summed E-state index contributed by atoms with van der Waals surface area (Å²) in [5.74, 6) is 2.67. The summed E-state index contributed by atoms with van der Waals surface area (Å²) in [6, 6.07) is 0. The fourth-order valence-corrected chi connectivity index (χ4v) is 7.28. The number of hydrogen-bond donors (Lipinski definition) is 1. The molecule has 5 aliphatic rings. The van der Waals surface area contributed by atoms with Gasteiger partial charge in [0.05, 0.1) is 5.92 Å². The topological polar surface area (TPSA) is 37.3 Å². The molecular formula is C23H32O2. The normalized spacial score (nSPS) is 40.7. The molecule has 5 rings (SSSR count). The maximum Gasteiger partial charge on any atom is 0.306 e. The molecule has 5 unspecified atom stereocenters. The molecule has 0 aromatic heterocycles. The third-order valence-corrected chi connectivity index (χ3v) is 8.45. The van der Waals surface area contributed by atoms with Crippen LogP contribution in [0.4, 0.5) is 0 Å².